The van der Waals surface area contributed by atoms with Gasteiger partial charge < -0.3 is 15.5 Å². The average Bonchev–Trinajstić information content (AvgIpc) is 2.85. The number of rotatable bonds is 5. The van der Waals surface area contributed by atoms with Crippen LogP contribution in [0.4, 0.5) is 11.5 Å². The molecule has 34 heavy (non-hydrogen) atoms. The van der Waals surface area contributed by atoms with E-state index in [1.165, 1.54) is 18.3 Å². The van der Waals surface area contributed by atoms with Crippen LogP contribution in [-0.2, 0) is 9.84 Å². The number of nitrogens with one attached hydrogen (secondary N) is 2. The number of nitrogens with zero attached hydrogens (tertiary/aromatic N) is 4. The summed E-state index contributed by atoms with van der Waals surface area (Å²) in [6, 6.07) is 12.2. The molecule has 0 spiro atoms. The van der Waals surface area contributed by atoms with E-state index in [1.54, 1.807) is 12.3 Å². The Bertz CT molecular complexity index is 1390. The van der Waals surface area contributed by atoms with E-state index in [0.29, 0.717) is 17.1 Å². The molecular formula is C24H24N6O3S. The molecule has 2 N–H and O–H groups in total. The van der Waals surface area contributed by atoms with Crippen LogP contribution in [0.25, 0.3) is 11.1 Å². The van der Waals surface area contributed by atoms with Crippen LogP contribution in [0.2, 0.25) is 0 Å². The maximum absolute atomic E-state index is 12.7. The topological polar surface area (TPSA) is 128 Å². The lowest BCUT2D eigenvalue weighted by Gasteiger charge is -2.29. The average molecular weight is 477 g/mol. The lowest BCUT2D eigenvalue weighted by atomic mass is 9.99. The van der Waals surface area contributed by atoms with Crippen molar-refractivity contribution in [3.8, 4) is 17.2 Å². The molecule has 0 unspecified atom stereocenters. The van der Waals surface area contributed by atoms with Gasteiger partial charge in [-0.05, 0) is 48.4 Å². The number of pyridine rings is 2. The van der Waals surface area contributed by atoms with Gasteiger partial charge in [-0.1, -0.05) is 6.07 Å². The highest BCUT2D eigenvalue weighted by Gasteiger charge is 2.18. The second-order valence-corrected chi connectivity index (χ2v) is 10.0. The first-order valence-corrected chi connectivity index (χ1v) is 12.6. The number of hydrogen-bond acceptors (Lipinski definition) is 8. The molecule has 1 aromatic carbocycles. The minimum Gasteiger partial charge on any atom is -0.353 e. The Morgan fingerprint density at radius 1 is 1.15 bits per heavy atom. The van der Waals surface area contributed by atoms with Crippen molar-refractivity contribution in [2.75, 3.05) is 42.7 Å². The molecule has 1 aliphatic rings. The molecule has 174 valence electrons. The van der Waals surface area contributed by atoms with E-state index in [2.05, 4.69) is 31.6 Å². The number of benzene rings is 1. The summed E-state index contributed by atoms with van der Waals surface area (Å²) in [4.78, 5) is 23.2. The summed E-state index contributed by atoms with van der Waals surface area (Å²) in [7, 11) is -3.53. The summed E-state index contributed by atoms with van der Waals surface area (Å²) in [5.41, 5.74) is 3.78. The van der Waals surface area contributed by atoms with Gasteiger partial charge in [0.2, 0.25) is 0 Å². The number of amides is 1. The van der Waals surface area contributed by atoms with E-state index in [0.717, 1.165) is 49.1 Å². The van der Waals surface area contributed by atoms with Crippen LogP contribution in [0.3, 0.4) is 0 Å². The highest BCUT2D eigenvalue weighted by Crippen LogP contribution is 2.30. The van der Waals surface area contributed by atoms with Gasteiger partial charge in [0.15, 0.2) is 14.9 Å². The van der Waals surface area contributed by atoms with Crippen molar-refractivity contribution in [2.24, 2.45) is 0 Å². The fourth-order valence-corrected chi connectivity index (χ4v) is 4.38. The molecule has 3 aromatic rings. The lowest BCUT2D eigenvalue weighted by Crippen LogP contribution is -2.44. The van der Waals surface area contributed by atoms with Crippen LogP contribution in [-0.4, -0.2) is 56.7 Å². The number of carbonyl (C=O) groups is 1. The van der Waals surface area contributed by atoms with E-state index in [9.17, 15) is 18.5 Å². The molecule has 9 nitrogen and oxygen atoms in total. The maximum atomic E-state index is 12.7. The fourth-order valence-electron chi connectivity index (χ4n) is 3.78. The second kappa shape index (κ2) is 9.59. The number of nitriles is 1. The molecule has 10 heteroatoms. The van der Waals surface area contributed by atoms with E-state index in [1.807, 2.05) is 25.1 Å². The first-order valence-electron chi connectivity index (χ1n) is 10.7. The number of piperazine rings is 1. The van der Waals surface area contributed by atoms with Gasteiger partial charge in [-0.15, -0.1) is 0 Å². The van der Waals surface area contributed by atoms with E-state index >= 15 is 0 Å². The van der Waals surface area contributed by atoms with Gasteiger partial charge in [0.25, 0.3) is 5.91 Å². The summed E-state index contributed by atoms with van der Waals surface area (Å²) in [6.07, 6.45) is 4.08. The zero-order chi connectivity index (χ0) is 24.3. The van der Waals surface area contributed by atoms with Gasteiger partial charge in [0.05, 0.1) is 5.56 Å². The number of aryl methyl sites for hydroxylation is 1. The third kappa shape index (κ3) is 5.06. The van der Waals surface area contributed by atoms with Crippen molar-refractivity contribution in [1.29, 1.82) is 5.26 Å². The predicted octanol–water partition coefficient (Wildman–Crippen LogP) is 2.39. The van der Waals surface area contributed by atoms with Gasteiger partial charge >= 0.3 is 0 Å². The summed E-state index contributed by atoms with van der Waals surface area (Å²) >= 11 is 0. The van der Waals surface area contributed by atoms with Crippen molar-refractivity contribution in [2.45, 2.75) is 11.9 Å². The number of sulfone groups is 1. The van der Waals surface area contributed by atoms with E-state index in [-0.39, 0.29) is 10.6 Å². The Hall–Kier alpha value is -3.81. The Labute approximate surface area is 198 Å². The molecule has 1 amide bonds. The quantitative estimate of drug-likeness (QED) is 0.574. The normalized spacial score (nSPS) is 13.9. The molecule has 3 heterocycles. The summed E-state index contributed by atoms with van der Waals surface area (Å²) in [6.45, 7) is 5.21. The molecule has 4 rings (SSSR count). The Morgan fingerprint density at radius 3 is 2.62 bits per heavy atom. The number of carbonyl (C=O) groups excluding carboxylic acids is 1. The lowest BCUT2D eigenvalue weighted by molar-refractivity contribution is 0.102. The summed E-state index contributed by atoms with van der Waals surface area (Å²) in [5, 5.41) is 15.7. The molecule has 0 radical (unpaired) electrons. The molecule has 0 bridgehead atoms. The summed E-state index contributed by atoms with van der Waals surface area (Å²) in [5.74, 6) is 0.223. The van der Waals surface area contributed by atoms with Gasteiger partial charge in [0.1, 0.15) is 11.9 Å². The minimum atomic E-state index is -3.53. The number of aromatic nitrogens is 2. The Morgan fingerprint density at radius 2 is 1.91 bits per heavy atom. The van der Waals surface area contributed by atoms with Crippen molar-refractivity contribution >= 4 is 27.2 Å². The summed E-state index contributed by atoms with van der Waals surface area (Å²) < 4.78 is 23.5. The fraction of sp³-hybridized carbons (Fsp3) is 0.250. The smallest absolute Gasteiger partial charge is 0.255 e. The van der Waals surface area contributed by atoms with E-state index < -0.39 is 15.7 Å². The first kappa shape index (κ1) is 23.4. The maximum Gasteiger partial charge on any atom is 0.255 e. The monoisotopic (exact) mass is 476 g/mol. The third-order valence-electron chi connectivity index (χ3n) is 5.59. The van der Waals surface area contributed by atoms with E-state index in [4.69, 9.17) is 0 Å². The van der Waals surface area contributed by atoms with Gasteiger partial charge in [0, 0.05) is 61.6 Å². The molecule has 1 saturated heterocycles. The van der Waals surface area contributed by atoms with Crippen molar-refractivity contribution in [3.05, 3.63) is 65.5 Å². The molecule has 1 fully saturated rings. The predicted molar refractivity (Wildman–Crippen MR) is 130 cm³/mol. The number of hydrogen-bond donors (Lipinski definition) is 2. The van der Waals surface area contributed by atoms with Crippen molar-refractivity contribution in [1.82, 2.24) is 15.3 Å². The molecule has 0 atom stereocenters. The Kier molecular flexibility index (Phi) is 6.58. The first-order chi connectivity index (χ1) is 16.3. The Balaban J connectivity index is 1.61. The molecule has 2 aromatic heterocycles. The highest BCUT2D eigenvalue weighted by molar-refractivity contribution is 7.90. The van der Waals surface area contributed by atoms with Crippen LogP contribution < -0.4 is 15.5 Å². The SMILES string of the molecule is Cc1ccc(NC(=O)c2ccnc(S(C)(=O)=O)c2)cc1-c1cnc(N2CCNCC2)c(C#N)c1. The number of anilines is 2. The minimum absolute atomic E-state index is 0.163. The molecule has 0 saturated carbocycles. The van der Waals surface area contributed by atoms with Crippen LogP contribution in [0.5, 0.6) is 0 Å². The van der Waals surface area contributed by atoms with Gasteiger partial charge in [-0.25, -0.2) is 18.4 Å². The largest absolute Gasteiger partial charge is 0.353 e. The van der Waals surface area contributed by atoms with Gasteiger partial charge in [-0.2, -0.15) is 5.26 Å². The van der Waals surface area contributed by atoms with Crippen LogP contribution in [0.1, 0.15) is 21.5 Å². The second-order valence-electron chi connectivity index (χ2n) is 8.08. The van der Waals surface area contributed by atoms with Crippen LogP contribution in [0.15, 0.2) is 53.8 Å². The standard InChI is InChI=1S/C24H24N6O3S/c1-16-3-4-20(29-24(31)17-5-6-27-22(12-17)34(2,32)33)13-21(16)19-11-18(14-25)23(28-15-19)30-9-7-26-8-10-30/h3-6,11-13,15,26H,7-10H2,1-2H3,(H,29,31). The third-order valence-corrected chi connectivity index (χ3v) is 6.57. The zero-order valence-corrected chi connectivity index (χ0v) is 19.7. The highest BCUT2D eigenvalue weighted by atomic mass is 32.2. The molecule has 0 aliphatic carbocycles. The van der Waals surface area contributed by atoms with Crippen molar-refractivity contribution in [3.63, 3.8) is 0 Å². The van der Waals surface area contributed by atoms with Gasteiger partial charge in [-0.3, -0.25) is 4.79 Å². The zero-order valence-electron chi connectivity index (χ0n) is 18.9. The van der Waals surface area contributed by atoms with Crippen LogP contribution in [0, 0.1) is 18.3 Å². The van der Waals surface area contributed by atoms with Crippen molar-refractivity contribution < 1.29 is 13.2 Å². The molecule has 1 aliphatic heterocycles. The van der Waals surface area contributed by atoms with Crippen LogP contribution >= 0.6 is 0 Å². The molecular weight excluding hydrogens is 452 g/mol.